The van der Waals surface area contributed by atoms with Gasteiger partial charge in [-0.3, -0.25) is 4.40 Å². The average Bonchev–Trinajstić information content (AvgIpc) is 3.07. The molecule has 0 fully saturated rings. The standard InChI is InChI=1S/C20H19FN6/c1-22-12-13-8-10-27-17(11-13)26-18(14-3-5-15(21)6-4-14)19(27)16-7-9-24-20(23-2)25-16/h3-11,22H,12H2,1-2H3,(H,23,24,25). The van der Waals surface area contributed by atoms with E-state index in [2.05, 4.69) is 20.6 Å². The predicted molar refractivity (Wildman–Crippen MR) is 104 cm³/mol. The number of aromatic nitrogens is 4. The molecule has 3 aromatic heterocycles. The summed E-state index contributed by atoms with van der Waals surface area (Å²) >= 11 is 0. The van der Waals surface area contributed by atoms with Crippen molar-refractivity contribution in [3.05, 3.63) is 66.2 Å². The quantitative estimate of drug-likeness (QED) is 0.570. The van der Waals surface area contributed by atoms with Crippen molar-refractivity contribution >= 4 is 11.6 Å². The van der Waals surface area contributed by atoms with Crippen LogP contribution in [0.25, 0.3) is 28.3 Å². The number of hydrogen-bond donors (Lipinski definition) is 2. The maximum absolute atomic E-state index is 13.4. The first-order valence-corrected chi connectivity index (χ1v) is 8.62. The number of pyridine rings is 1. The fourth-order valence-corrected chi connectivity index (χ4v) is 3.07. The van der Waals surface area contributed by atoms with Crippen LogP contribution in [-0.2, 0) is 6.54 Å². The minimum atomic E-state index is -0.278. The second-order valence-corrected chi connectivity index (χ2v) is 6.12. The number of nitrogens with zero attached hydrogens (tertiary/aromatic N) is 4. The van der Waals surface area contributed by atoms with Gasteiger partial charge in [-0.05, 0) is 55.1 Å². The Labute approximate surface area is 156 Å². The summed E-state index contributed by atoms with van der Waals surface area (Å²) < 4.78 is 15.4. The molecule has 3 heterocycles. The summed E-state index contributed by atoms with van der Waals surface area (Å²) in [6.07, 6.45) is 3.69. The summed E-state index contributed by atoms with van der Waals surface area (Å²) in [5.74, 6) is 0.249. The number of benzene rings is 1. The Morgan fingerprint density at radius 3 is 2.59 bits per heavy atom. The molecule has 27 heavy (non-hydrogen) atoms. The minimum absolute atomic E-state index is 0.278. The maximum atomic E-state index is 13.4. The van der Waals surface area contributed by atoms with Crippen LogP contribution < -0.4 is 10.6 Å². The van der Waals surface area contributed by atoms with Crippen molar-refractivity contribution in [3.63, 3.8) is 0 Å². The van der Waals surface area contributed by atoms with Gasteiger partial charge in [-0.2, -0.15) is 0 Å². The third-order valence-corrected chi connectivity index (χ3v) is 4.31. The smallest absolute Gasteiger partial charge is 0.222 e. The third-order valence-electron chi connectivity index (χ3n) is 4.31. The van der Waals surface area contributed by atoms with Crippen LogP contribution in [-0.4, -0.2) is 33.4 Å². The largest absolute Gasteiger partial charge is 0.357 e. The molecule has 0 radical (unpaired) electrons. The van der Waals surface area contributed by atoms with Gasteiger partial charge < -0.3 is 10.6 Å². The lowest BCUT2D eigenvalue weighted by Gasteiger charge is -2.07. The van der Waals surface area contributed by atoms with Crippen molar-refractivity contribution in [3.8, 4) is 22.6 Å². The Morgan fingerprint density at radius 2 is 1.85 bits per heavy atom. The zero-order valence-corrected chi connectivity index (χ0v) is 15.1. The van der Waals surface area contributed by atoms with Gasteiger partial charge in [-0.15, -0.1) is 0 Å². The van der Waals surface area contributed by atoms with Crippen LogP contribution in [0.1, 0.15) is 5.56 Å². The molecule has 1 aromatic carbocycles. The highest BCUT2D eigenvalue weighted by Gasteiger charge is 2.18. The van der Waals surface area contributed by atoms with Gasteiger partial charge in [0.25, 0.3) is 0 Å². The number of nitrogens with one attached hydrogen (secondary N) is 2. The fourth-order valence-electron chi connectivity index (χ4n) is 3.07. The lowest BCUT2D eigenvalue weighted by atomic mass is 10.1. The van der Waals surface area contributed by atoms with E-state index < -0.39 is 0 Å². The Balaban J connectivity index is 1.97. The molecule has 0 aliphatic carbocycles. The van der Waals surface area contributed by atoms with Gasteiger partial charge in [0, 0.05) is 31.5 Å². The molecule has 0 saturated heterocycles. The van der Waals surface area contributed by atoms with Gasteiger partial charge in [0.05, 0.1) is 17.1 Å². The summed E-state index contributed by atoms with van der Waals surface area (Å²) in [5, 5.41) is 6.11. The molecule has 0 unspecified atom stereocenters. The number of fused-ring (bicyclic) bond motifs is 1. The molecule has 7 heteroatoms. The van der Waals surface area contributed by atoms with E-state index >= 15 is 0 Å². The van der Waals surface area contributed by atoms with Gasteiger partial charge in [0.2, 0.25) is 5.95 Å². The molecule has 136 valence electrons. The number of imidazole rings is 1. The summed E-state index contributed by atoms with van der Waals surface area (Å²) in [6, 6.07) is 12.3. The molecule has 0 aliphatic heterocycles. The van der Waals surface area contributed by atoms with E-state index in [0.717, 1.165) is 40.4 Å². The van der Waals surface area contributed by atoms with E-state index in [4.69, 9.17) is 4.98 Å². The molecule has 0 atom stereocenters. The Hall–Kier alpha value is -3.32. The van der Waals surface area contributed by atoms with Gasteiger partial charge in [-0.25, -0.2) is 19.3 Å². The van der Waals surface area contributed by atoms with Crippen LogP contribution in [0, 0.1) is 5.82 Å². The van der Waals surface area contributed by atoms with E-state index in [1.165, 1.54) is 12.1 Å². The summed E-state index contributed by atoms with van der Waals surface area (Å²) in [7, 11) is 3.68. The zero-order valence-electron chi connectivity index (χ0n) is 15.1. The zero-order chi connectivity index (χ0) is 18.8. The van der Waals surface area contributed by atoms with Gasteiger partial charge >= 0.3 is 0 Å². The molecular weight excluding hydrogens is 343 g/mol. The minimum Gasteiger partial charge on any atom is -0.357 e. The van der Waals surface area contributed by atoms with Crippen molar-refractivity contribution in [2.75, 3.05) is 19.4 Å². The third kappa shape index (κ3) is 3.24. The van der Waals surface area contributed by atoms with Crippen LogP contribution in [0.15, 0.2) is 54.9 Å². The van der Waals surface area contributed by atoms with Crippen molar-refractivity contribution in [1.29, 1.82) is 0 Å². The fraction of sp³-hybridized carbons (Fsp3) is 0.150. The predicted octanol–water partition coefficient (Wildman–Crippen LogP) is 3.36. The first kappa shape index (κ1) is 17.1. The second kappa shape index (κ2) is 7.13. The van der Waals surface area contributed by atoms with E-state index in [1.54, 1.807) is 25.4 Å². The van der Waals surface area contributed by atoms with Crippen molar-refractivity contribution in [2.24, 2.45) is 0 Å². The van der Waals surface area contributed by atoms with Crippen LogP contribution in [0.5, 0.6) is 0 Å². The first-order valence-electron chi connectivity index (χ1n) is 8.62. The van der Waals surface area contributed by atoms with Crippen LogP contribution in [0.3, 0.4) is 0 Å². The lowest BCUT2D eigenvalue weighted by Crippen LogP contribution is -2.05. The molecule has 4 rings (SSSR count). The molecule has 4 aromatic rings. The number of halogens is 1. The van der Waals surface area contributed by atoms with E-state index in [1.807, 2.05) is 35.8 Å². The second-order valence-electron chi connectivity index (χ2n) is 6.12. The molecular formula is C20H19FN6. The molecule has 6 nitrogen and oxygen atoms in total. The van der Waals surface area contributed by atoms with Gasteiger partial charge in [0.15, 0.2) is 0 Å². The Kier molecular flexibility index (Phi) is 4.52. The average molecular weight is 362 g/mol. The Morgan fingerprint density at radius 1 is 1.04 bits per heavy atom. The molecule has 0 spiro atoms. The number of rotatable bonds is 5. The molecule has 0 bridgehead atoms. The van der Waals surface area contributed by atoms with Crippen molar-refractivity contribution in [1.82, 2.24) is 24.7 Å². The molecule has 0 aliphatic rings. The summed E-state index contributed by atoms with van der Waals surface area (Å²) in [4.78, 5) is 13.6. The highest BCUT2D eigenvalue weighted by atomic mass is 19.1. The molecule has 0 amide bonds. The van der Waals surface area contributed by atoms with E-state index in [-0.39, 0.29) is 5.82 Å². The number of hydrogen-bond acceptors (Lipinski definition) is 5. The summed E-state index contributed by atoms with van der Waals surface area (Å²) in [6.45, 7) is 0.752. The topological polar surface area (TPSA) is 67.1 Å². The van der Waals surface area contributed by atoms with Crippen molar-refractivity contribution < 1.29 is 4.39 Å². The maximum Gasteiger partial charge on any atom is 0.222 e. The Bertz CT molecular complexity index is 1090. The monoisotopic (exact) mass is 362 g/mol. The lowest BCUT2D eigenvalue weighted by molar-refractivity contribution is 0.628. The van der Waals surface area contributed by atoms with Crippen LogP contribution >= 0.6 is 0 Å². The SMILES string of the molecule is CNCc1ccn2c(-c3ccnc(NC)n3)c(-c3ccc(F)cc3)nc2c1. The van der Waals surface area contributed by atoms with Crippen LogP contribution in [0.4, 0.5) is 10.3 Å². The highest BCUT2D eigenvalue weighted by Crippen LogP contribution is 2.32. The van der Waals surface area contributed by atoms with E-state index in [0.29, 0.717) is 5.95 Å². The summed E-state index contributed by atoms with van der Waals surface area (Å²) in [5.41, 5.74) is 5.09. The first-order chi connectivity index (χ1) is 13.2. The van der Waals surface area contributed by atoms with Crippen molar-refractivity contribution in [2.45, 2.75) is 6.54 Å². The normalized spacial score (nSPS) is 11.1. The van der Waals surface area contributed by atoms with Crippen LogP contribution in [0.2, 0.25) is 0 Å². The van der Waals surface area contributed by atoms with Gasteiger partial charge in [0.1, 0.15) is 11.5 Å². The number of anilines is 1. The molecule has 2 N–H and O–H groups in total. The van der Waals surface area contributed by atoms with Gasteiger partial charge in [-0.1, -0.05) is 0 Å². The van der Waals surface area contributed by atoms with E-state index in [9.17, 15) is 4.39 Å². The molecule has 0 saturated carbocycles. The highest BCUT2D eigenvalue weighted by molar-refractivity contribution is 5.80.